The van der Waals surface area contributed by atoms with Gasteiger partial charge in [-0.25, -0.2) is 4.52 Å². The Kier molecular flexibility index (Phi) is 10.4. The van der Waals surface area contributed by atoms with Crippen LogP contribution >= 0.6 is 8.60 Å². The van der Waals surface area contributed by atoms with E-state index in [4.69, 9.17) is 13.6 Å². The number of fused-ring (bicyclic) bond motifs is 1. The van der Waals surface area contributed by atoms with Crippen LogP contribution < -0.4 is 5.32 Å². The number of H-pyrrole nitrogens is 1. The number of nitrogens with zero attached hydrogens (tertiary/aromatic N) is 1. The Morgan fingerprint density at radius 2 is 2.11 bits per heavy atom. The zero-order valence-electron chi connectivity index (χ0n) is 21.6. The molecule has 1 aliphatic rings. The summed E-state index contributed by atoms with van der Waals surface area (Å²) in [5, 5.41) is 13.8. The quantitative estimate of drug-likeness (QED) is 0.233. The summed E-state index contributed by atoms with van der Waals surface area (Å²) in [4.78, 5) is 28.8. The molecule has 3 N–H and O–H groups in total. The molecule has 0 saturated carbocycles. The monoisotopic (exact) mass is 543 g/mol. The number of carbonyl (C=O) groups is 2. The van der Waals surface area contributed by atoms with Crippen molar-refractivity contribution in [3.63, 3.8) is 0 Å². The van der Waals surface area contributed by atoms with Crippen LogP contribution in [0.2, 0.25) is 0 Å². The van der Waals surface area contributed by atoms with E-state index in [9.17, 15) is 23.5 Å². The minimum atomic E-state index is -3.64. The number of alkyl halides is 2. The van der Waals surface area contributed by atoms with Crippen molar-refractivity contribution in [1.29, 1.82) is 0 Å². The topological polar surface area (TPSA) is 113 Å². The van der Waals surface area contributed by atoms with Crippen molar-refractivity contribution in [2.24, 2.45) is 0 Å². The van der Waals surface area contributed by atoms with E-state index >= 15 is 0 Å². The van der Waals surface area contributed by atoms with Crippen molar-refractivity contribution in [2.75, 3.05) is 13.7 Å². The Morgan fingerprint density at radius 1 is 1.35 bits per heavy atom. The summed E-state index contributed by atoms with van der Waals surface area (Å²) in [5.41, 5.74) is 0.373. The molecule has 1 saturated heterocycles. The highest BCUT2D eigenvalue weighted by Crippen LogP contribution is 2.48. The SMILES string of the molecule is CCOP(OC)OC(F)(F)c1ccc2[nH]c(C(=O)NC(C)CCC(O)CC3CCC(C)N3C=O)cc2c1. The summed E-state index contributed by atoms with van der Waals surface area (Å²) < 4.78 is 43.9. The second kappa shape index (κ2) is 13.1. The Hall–Kier alpha value is -2.17. The number of aliphatic hydroxyl groups excluding tert-OH is 1. The lowest BCUT2D eigenvalue weighted by atomic mass is 10.0. The minimum absolute atomic E-state index is 0.0436. The Morgan fingerprint density at radius 3 is 2.78 bits per heavy atom. The number of aromatic nitrogens is 1. The summed E-state index contributed by atoms with van der Waals surface area (Å²) in [7, 11) is -0.971. The summed E-state index contributed by atoms with van der Waals surface area (Å²) in [6.45, 7) is 5.66. The molecular weight excluding hydrogens is 507 g/mol. The van der Waals surface area contributed by atoms with Gasteiger partial charge in [0.15, 0.2) is 0 Å². The molecule has 3 rings (SSSR count). The van der Waals surface area contributed by atoms with Crippen molar-refractivity contribution < 1.29 is 37.0 Å². The van der Waals surface area contributed by atoms with Gasteiger partial charge in [-0.05, 0) is 77.1 Å². The maximum absolute atomic E-state index is 14.6. The molecule has 1 aromatic heterocycles. The number of aliphatic hydroxyl groups is 1. The number of amides is 2. The molecule has 0 aliphatic carbocycles. The van der Waals surface area contributed by atoms with Crippen LogP contribution in [-0.4, -0.2) is 65.3 Å². The van der Waals surface area contributed by atoms with E-state index in [1.165, 1.54) is 31.4 Å². The van der Waals surface area contributed by atoms with Gasteiger partial charge >= 0.3 is 14.7 Å². The second-order valence-corrected chi connectivity index (χ2v) is 10.6. The Bertz CT molecular complexity index is 1050. The lowest BCUT2D eigenvalue weighted by Gasteiger charge is -2.26. The van der Waals surface area contributed by atoms with Crippen LogP contribution in [0, 0.1) is 0 Å². The smallest absolute Gasteiger partial charge is 0.389 e. The molecule has 0 spiro atoms. The van der Waals surface area contributed by atoms with Gasteiger partial charge in [0.05, 0.1) is 18.3 Å². The maximum atomic E-state index is 14.6. The number of likely N-dealkylation sites (tertiary alicyclic amines) is 1. The number of benzene rings is 1. The Balaban J connectivity index is 1.55. The number of hydrogen-bond donors (Lipinski definition) is 3. The molecule has 1 aliphatic heterocycles. The van der Waals surface area contributed by atoms with Gasteiger partial charge in [0.2, 0.25) is 6.41 Å². The first-order valence-electron chi connectivity index (χ1n) is 12.5. The number of aromatic amines is 1. The lowest BCUT2D eigenvalue weighted by Crippen LogP contribution is -2.36. The van der Waals surface area contributed by atoms with Crippen molar-refractivity contribution in [1.82, 2.24) is 15.2 Å². The van der Waals surface area contributed by atoms with Crippen molar-refractivity contribution in [3.05, 3.63) is 35.5 Å². The molecule has 9 nitrogen and oxygen atoms in total. The van der Waals surface area contributed by atoms with E-state index < -0.39 is 20.8 Å². The van der Waals surface area contributed by atoms with E-state index in [2.05, 4.69) is 10.3 Å². The standard InChI is InChI=1S/C25H36F2N3O6P/c1-5-35-37(34-4)36-25(26,27)19-8-11-22-18(12-19)13-23(29-22)24(33)28-16(2)6-10-21(32)14-20-9-7-17(3)30(20)15-31/h8,11-13,15-17,20-21,29,32H,5-7,9-10,14H2,1-4H3,(H,28,33). The van der Waals surface area contributed by atoms with E-state index in [1.54, 1.807) is 11.8 Å². The van der Waals surface area contributed by atoms with Crippen molar-refractivity contribution >= 4 is 31.8 Å². The predicted octanol–water partition coefficient (Wildman–Crippen LogP) is 4.80. The number of rotatable bonds is 14. The highest BCUT2D eigenvalue weighted by atomic mass is 31.2. The first-order valence-corrected chi connectivity index (χ1v) is 13.6. The third-order valence-corrected chi connectivity index (χ3v) is 7.74. The summed E-state index contributed by atoms with van der Waals surface area (Å²) in [6, 6.07) is 5.45. The molecule has 37 heavy (non-hydrogen) atoms. The van der Waals surface area contributed by atoms with Gasteiger partial charge in [-0.1, -0.05) is 0 Å². The first-order chi connectivity index (χ1) is 17.6. The highest BCUT2D eigenvalue weighted by molar-refractivity contribution is 7.41. The molecule has 1 aromatic carbocycles. The number of nitrogens with one attached hydrogen (secondary N) is 2. The van der Waals surface area contributed by atoms with Gasteiger partial charge in [-0.15, -0.1) is 0 Å². The fraction of sp³-hybridized carbons (Fsp3) is 0.600. The fourth-order valence-corrected chi connectivity index (χ4v) is 5.31. The average molecular weight is 544 g/mol. The first kappa shape index (κ1) is 29.4. The lowest BCUT2D eigenvalue weighted by molar-refractivity contribution is -0.192. The largest absolute Gasteiger partial charge is 0.393 e. The predicted molar refractivity (Wildman–Crippen MR) is 136 cm³/mol. The number of carbonyl (C=O) groups excluding carboxylic acids is 2. The van der Waals surface area contributed by atoms with Crippen molar-refractivity contribution in [3.8, 4) is 0 Å². The summed E-state index contributed by atoms with van der Waals surface area (Å²) in [5.74, 6) is -0.376. The summed E-state index contributed by atoms with van der Waals surface area (Å²) >= 11 is 0. The van der Waals surface area contributed by atoms with Crippen molar-refractivity contribution in [2.45, 2.75) is 83.2 Å². The van der Waals surface area contributed by atoms with Gasteiger partial charge in [-0.2, -0.15) is 8.78 Å². The molecule has 206 valence electrons. The highest BCUT2D eigenvalue weighted by Gasteiger charge is 2.38. The van der Waals surface area contributed by atoms with E-state index in [0.29, 0.717) is 30.2 Å². The maximum Gasteiger partial charge on any atom is 0.389 e. The van der Waals surface area contributed by atoms with Crippen LogP contribution in [0.3, 0.4) is 0 Å². The van der Waals surface area contributed by atoms with Gasteiger partial charge in [0, 0.05) is 36.1 Å². The normalized spacial score (nSPS) is 20.7. The molecule has 2 amide bonds. The van der Waals surface area contributed by atoms with E-state index in [1.807, 2.05) is 13.8 Å². The number of halogens is 2. The molecule has 0 bridgehead atoms. The van der Waals surface area contributed by atoms with Gasteiger partial charge in [-0.3, -0.25) is 9.59 Å². The molecule has 1 fully saturated rings. The third kappa shape index (κ3) is 7.67. The second-order valence-electron chi connectivity index (χ2n) is 9.39. The van der Waals surface area contributed by atoms with Gasteiger partial charge < -0.3 is 29.4 Å². The van der Waals surface area contributed by atoms with Gasteiger partial charge in [0.1, 0.15) is 5.69 Å². The molecular formula is C25H36F2N3O6P. The average Bonchev–Trinajstić information content (AvgIpc) is 3.44. The number of hydrogen-bond acceptors (Lipinski definition) is 6. The molecule has 5 atom stereocenters. The van der Waals surface area contributed by atoms with Crippen LogP contribution in [0.4, 0.5) is 8.78 Å². The van der Waals surface area contributed by atoms with Crippen LogP contribution in [0.25, 0.3) is 10.9 Å². The molecule has 2 aromatic rings. The van der Waals surface area contributed by atoms with E-state index in [0.717, 1.165) is 19.3 Å². The third-order valence-electron chi connectivity index (χ3n) is 6.60. The molecule has 2 heterocycles. The Labute approximate surface area is 216 Å². The van der Waals surface area contributed by atoms with E-state index in [-0.39, 0.29) is 41.9 Å². The van der Waals surface area contributed by atoms with Crippen LogP contribution in [0.1, 0.15) is 68.9 Å². The molecule has 0 radical (unpaired) electrons. The molecule has 12 heteroatoms. The molecule has 5 unspecified atom stereocenters. The minimum Gasteiger partial charge on any atom is -0.393 e. The fourth-order valence-electron chi connectivity index (χ4n) is 4.57. The zero-order chi connectivity index (χ0) is 27.2. The van der Waals surface area contributed by atoms with Crippen LogP contribution in [0.15, 0.2) is 24.3 Å². The summed E-state index contributed by atoms with van der Waals surface area (Å²) in [6.07, 6.45) is -0.00591. The zero-order valence-corrected chi connectivity index (χ0v) is 22.5. The van der Waals surface area contributed by atoms with Gasteiger partial charge in [0.25, 0.3) is 5.91 Å². The van der Waals surface area contributed by atoms with Crippen LogP contribution in [0.5, 0.6) is 0 Å². The van der Waals surface area contributed by atoms with Crippen LogP contribution in [-0.2, 0) is 24.5 Å².